The first kappa shape index (κ1) is 20.4. The molecule has 2 aromatic carbocycles. The number of aliphatic imine (C=N–C) groups is 1. The lowest BCUT2D eigenvalue weighted by Crippen LogP contribution is -2.23. The number of hydrogen-bond donors (Lipinski definition) is 0. The highest BCUT2D eigenvalue weighted by molar-refractivity contribution is 8.18. The van der Waals surface area contributed by atoms with E-state index in [1.807, 2.05) is 0 Å². The van der Waals surface area contributed by atoms with Gasteiger partial charge in [-0.1, -0.05) is 18.1 Å². The number of carbonyl (C=O) groups is 1. The SMILES string of the molecule is C#CCOc1c(/C=C2\SC(=Nc3ccc(F)cc3F)N(C)C2=O)cccc1OC. The number of carbonyl (C=O) groups excluding carboxylic acids is 1. The second-order valence-electron chi connectivity index (χ2n) is 5.84. The number of benzene rings is 2. The van der Waals surface area contributed by atoms with E-state index in [1.165, 1.54) is 25.1 Å². The van der Waals surface area contributed by atoms with Crippen molar-refractivity contribution >= 4 is 34.6 Å². The molecule has 0 bridgehead atoms. The zero-order chi connectivity index (χ0) is 21.0. The van der Waals surface area contributed by atoms with E-state index in [1.54, 1.807) is 24.3 Å². The van der Waals surface area contributed by atoms with Gasteiger partial charge in [-0.05, 0) is 36.0 Å². The number of halogens is 2. The third kappa shape index (κ3) is 4.41. The van der Waals surface area contributed by atoms with E-state index < -0.39 is 11.6 Å². The smallest absolute Gasteiger partial charge is 0.266 e. The van der Waals surface area contributed by atoms with Crippen molar-refractivity contribution in [2.24, 2.45) is 4.99 Å². The standard InChI is InChI=1S/C21H16F2N2O3S/c1-4-10-28-19-13(6-5-7-17(19)27-3)11-18-20(26)25(2)21(29-18)24-16-9-8-14(22)12-15(16)23/h1,5-9,11-12H,10H2,2-3H3/b18-11-,24-21?. The van der Waals surface area contributed by atoms with Crippen LogP contribution in [0.1, 0.15) is 5.56 Å². The molecular formula is C21H16F2N2O3S. The number of nitrogens with zero attached hydrogens (tertiary/aromatic N) is 2. The third-order valence-corrected chi connectivity index (χ3v) is 5.01. The van der Waals surface area contributed by atoms with Gasteiger partial charge in [0, 0.05) is 18.7 Å². The van der Waals surface area contributed by atoms with Crippen LogP contribution in [0.25, 0.3) is 6.08 Å². The van der Waals surface area contributed by atoms with Crippen LogP contribution in [0.15, 0.2) is 46.3 Å². The molecule has 0 aliphatic carbocycles. The number of para-hydroxylation sites is 1. The summed E-state index contributed by atoms with van der Waals surface area (Å²) < 4.78 is 37.9. The van der Waals surface area contributed by atoms with Crippen molar-refractivity contribution in [3.63, 3.8) is 0 Å². The van der Waals surface area contributed by atoms with Gasteiger partial charge in [0.2, 0.25) is 0 Å². The summed E-state index contributed by atoms with van der Waals surface area (Å²) in [6.07, 6.45) is 6.90. The van der Waals surface area contributed by atoms with Crippen molar-refractivity contribution in [1.82, 2.24) is 4.90 Å². The van der Waals surface area contributed by atoms with E-state index in [2.05, 4.69) is 10.9 Å². The second-order valence-corrected chi connectivity index (χ2v) is 6.85. The molecule has 5 nitrogen and oxygen atoms in total. The van der Waals surface area contributed by atoms with E-state index in [0.717, 1.165) is 23.9 Å². The minimum atomic E-state index is -0.811. The number of amides is 1. The topological polar surface area (TPSA) is 51.1 Å². The number of likely N-dealkylation sites (N-methyl/N-ethyl adjacent to an activating group) is 1. The fourth-order valence-electron chi connectivity index (χ4n) is 2.54. The lowest BCUT2D eigenvalue weighted by molar-refractivity contribution is -0.121. The van der Waals surface area contributed by atoms with Gasteiger partial charge in [0.15, 0.2) is 22.5 Å². The molecular weight excluding hydrogens is 398 g/mol. The summed E-state index contributed by atoms with van der Waals surface area (Å²) in [5.41, 5.74) is 0.535. The normalized spacial score (nSPS) is 16.4. The lowest BCUT2D eigenvalue weighted by Gasteiger charge is -2.11. The van der Waals surface area contributed by atoms with E-state index in [4.69, 9.17) is 15.9 Å². The Morgan fingerprint density at radius 2 is 2.10 bits per heavy atom. The Hall–Kier alpha value is -3.31. The summed E-state index contributed by atoms with van der Waals surface area (Å²) in [6, 6.07) is 8.28. The van der Waals surface area contributed by atoms with Crippen LogP contribution in [-0.4, -0.2) is 36.7 Å². The largest absolute Gasteiger partial charge is 0.493 e. The fraction of sp³-hybridized carbons (Fsp3) is 0.143. The number of hydrogen-bond acceptors (Lipinski definition) is 5. The van der Waals surface area contributed by atoms with Crippen molar-refractivity contribution in [3.8, 4) is 23.8 Å². The molecule has 0 atom stereocenters. The first-order chi connectivity index (χ1) is 13.9. The molecule has 0 saturated carbocycles. The van der Waals surface area contributed by atoms with Crippen LogP contribution in [0.3, 0.4) is 0 Å². The molecule has 1 aliphatic heterocycles. The van der Waals surface area contributed by atoms with E-state index in [9.17, 15) is 13.6 Å². The zero-order valence-electron chi connectivity index (χ0n) is 15.6. The molecule has 0 radical (unpaired) electrons. The van der Waals surface area contributed by atoms with Crippen molar-refractivity contribution in [2.45, 2.75) is 0 Å². The Labute approximate surface area is 171 Å². The van der Waals surface area contributed by atoms with Crippen LogP contribution < -0.4 is 9.47 Å². The predicted octanol–water partition coefficient (Wildman–Crippen LogP) is 4.22. The van der Waals surface area contributed by atoms with Crippen LogP contribution in [0.5, 0.6) is 11.5 Å². The first-order valence-corrected chi connectivity index (χ1v) is 9.21. The molecule has 0 N–H and O–H groups in total. The number of ether oxygens (including phenoxy) is 2. The lowest BCUT2D eigenvalue weighted by atomic mass is 10.1. The van der Waals surface area contributed by atoms with Gasteiger partial charge in [-0.25, -0.2) is 13.8 Å². The maximum Gasteiger partial charge on any atom is 0.266 e. The van der Waals surface area contributed by atoms with Crippen LogP contribution in [0.2, 0.25) is 0 Å². The van der Waals surface area contributed by atoms with Gasteiger partial charge < -0.3 is 9.47 Å². The Morgan fingerprint density at radius 1 is 1.31 bits per heavy atom. The van der Waals surface area contributed by atoms with Crippen molar-refractivity contribution in [3.05, 3.63) is 58.5 Å². The highest BCUT2D eigenvalue weighted by Gasteiger charge is 2.31. The number of thioether (sulfide) groups is 1. The van der Waals surface area contributed by atoms with E-state index in [-0.39, 0.29) is 23.4 Å². The van der Waals surface area contributed by atoms with Crippen LogP contribution in [0.4, 0.5) is 14.5 Å². The average Bonchev–Trinajstić information content (AvgIpc) is 2.96. The minimum Gasteiger partial charge on any atom is -0.493 e. The van der Waals surface area contributed by atoms with Gasteiger partial charge in [0.1, 0.15) is 18.1 Å². The number of methoxy groups -OCH3 is 1. The summed E-state index contributed by atoms with van der Waals surface area (Å²) in [4.78, 5) is 18.4. The average molecular weight is 414 g/mol. The Kier molecular flexibility index (Phi) is 6.20. The molecule has 1 saturated heterocycles. The van der Waals surface area contributed by atoms with E-state index >= 15 is 0 Å². The maximum absolute atomic E-state index is 13.9. The molecule has 1 fully saturated rings. The molecule has 2 aromatic rings. The Balaban J connectivity index is 1.97. The molecule has 1 amide bonds. The van der Waals surface area contributed by atoms with Crippen LogP contribution in [-0.2, 0) is 4.79 Å². The molecule has 0 aromatic heterocycles. The Morgan fingerprint density at radius 3 is 2.79 bits per heavy atom. The molecule has 1 heterocycles. The van der Waals surface area contributed by atoms with Crippen molar-refractivity contribution < 1.29 is 23.0 Å². The second kappa shape index (κ2) is 8.80. The monoisotopic (exact) mass is 414 g/mol. The fourth-order valence-corrected chi connectivity index (χ4v) is 3.51. The van der Waals surface area contributed by atoms with E-state index in [0.29, 0.717) is 22.0 Å². The minimum absolute atomic E-state index is 0.0358. The molecule has 0 unspecified atom stereocenters. The molecule has 148 valence electrons. The first-order valence-electron chi connectivity index (χ1n) is 8.39. The quantitative estimate of drug-likeness (QED) is 0.543. The van der Waals surface area contributed by atoms with Crippen LogP contribution >= 0.6 is 11.8 Å². The summed E-state index contributed by atoms with van der Waals surface area (Å²) in [5.74, 6) is 1.44. The highest BCUT2D eigenvalue weighted by atomic mass is 32.2. The summed E-state index contributed by atoms with van der Waals surface area (Å²) in [6.45, 7) is 0.0358. The van der Waals surface area contributed by atoms with Gasteiger partial charge in [-0.15, -0.1) is 6.42 Å². The summed E-state index contributed by atoms with van der Waals surface area (Å²) in [7, 11) is 3.03. The maximum atomic E-state index is 13.9. The third-order valence-electron chi connectivity index (χ3n) is 3.95. The Bertz CT molecular complexity index is 1060. The van der Waals surface area contributed by atoms with Crippen molar-refractivity contribution in [1.29, 1.82) is 0 Å². The summed E-state index contributed by atoms with van der Waals surface area (Å²) >= 11 is 1.07. The molecule has 1 aliphatic rings. The molecule has 3 rings (SSSR count). The molecule has 0 spiro atoms. The molecule has 8 heteroatoms. The van der Waals surface area contributed by atoms with Gasteiger partial charge in [0.05, 0.1) is 12.0 Å². The number of terminal acetylenes is 1. The van der Waals surface area contributed by atoms with Crippen LogP contribution in [0, 0.1) is 24.0 Å². The van der Waals surface area contributed by atoms with Gasteiger partial charge >= 0.3 is 0 Å². The van der Waals surface area contributed by atoms with Gasteiger partial charge in [-0.2, -0.15) is 0 Å². The van der Waals surface area contributed by atoms with Gasteiger partial charge in [0.25, 0.3) is 5.91 Å². The van der Waals surface area contributed by atoms with Crippen molar-refractivity contribution in [2.75, 3.05) is 20.8 Å². The van der Waals surface area contributed by atoms with Gasteiger partial charge in [-0.3, -0.25) is 9.69 Å². The summed E-state index contributed by atoms with van der Waals surface area (Å²) in [5, 5.41) is 0.265. The number of rotatable bonds is 5. The molecule has 29 heavy (non-hydrogen) atoms. The highest BCUT2D eigenvalue weighted by Crippen LogP contribution is 2.38. The predicted molar refractivity (Wildman–Crippen MR) is 109 cm³/mol. The number of amidine groups is 1. The zero-order valence-corrected chi connectivity index (χ0v) is 16.4.